The number of methoxy groups -OCH3 is 1. The SMILES string of the molecule is CCN(CC)C(=O)C1(c2ccccc2OC)CC1. The monoisotopic (exact) mass is 247 g/mol. The van der Waals surface area contributed by atoms with Crippen molar-refractivity contribution in [3.63, 3.8) is 0 Å². The van der Waals surface area contributed by atoms with Crippen molar-refractivity contribution in [2.24, 2.45) is 0 Å². The van der Waals surface area contributed by atoms with Gasteiger partial charge in [-0.15, -0.1) is 0 Å². The smallest absolute Gasteiger partial charge is 0.233 e. The molecule has 98 valence electrons. The first kappa shape index (κ1) is 12.9. The molecule has 1 amide bonds. The van der Waals surface area contributed by atoms with Gasteiger partial charge in [0.05, 0.1) is 12.5 Å². The molecule has 1 saturated carbocycles. The van der Waals surface area contributed by atoms with Crippen LogP contribution in [0.5, 0.6) is 5.75 Å². The van der Waals surface area contributed by atoms with Crippen molar-refractivity contribution >= 4 is 5.91 Å². The number of carbonyl (C=O) groups is 1. The zero-order chi connectivity index (χ0) is 13.2. The topological polar surface area (TPSA) is 29.5 Å². The lowest BCUT2D eigenvalue weighted by Gasteiger charge is -2.26. The van der Waals surface area contributed by atoms with Gasteiger partial charge in [0.25, 0.3) is 0 Å². The molecule has 1 fully saturated rings. The van der Waals surface area contributed by atoms with Gasteiger partial charge in [-0.2, -0.15) is 0 Å². The van der Waals surface area contributed by atoms with E-state index in [0.29, 0.717) is 0 Å². The summed E-state index contributed by atoms with van der Waals surface area (Å²) in [6.07, 6.45) is 1.87. The minimum absolute atomic E-state index is 0.247. The van der Waals surface area contributed by atoms with Crippen LogP contribution in [-0.2, 0) is 10.2 Å². The predicted molar refractivity (Wildman–Crippen MR) is 71.8 cm³/mol. The molecule has 1 aliphatic carbocycles. The molecule has 3 heteroatoms. The van der Waals surface area contributed by atoms with Gasteiger partial charge < -0.3 is 9.64 Å². The summed E-state index contributed by atoms with van der Waals surface area (Å²) in [4.78, 5) is 14.5. The Morgan fingerprint density at radius 1 is 1.28 bits per heavy atom. The Labute approximate surface area is 109 Å². The number of para-hydroxylation sites is 1. The Kier molecular flexibility index (Phi) is 3.60. The van der Waals surface area contributed by atoms with Crippen molar-refractivity contribution < 1.29 is 9.53 Å². The van der Waals surface area contributed by atoms with Crippen LogP contribution in [0.25, 0.3) is 0 Å². The van der Waals surface area contributed by atoms with Crippen LogP contribution in [0.2, 0.25) is 0 Å². The molecule has 1 aliphatic rings. The average Bonchev–Trinajstić information content (AvgIpc) is 3.21. The molecule has 0 aromatic heterocycles. The van der Waals surface area contributed by atoms with Gasteiger partial charge in [-0.3, -0.25) is 4.79 Å². The molecule has 0 heterocycles. The molecule has 0 unspecified atom stereocenters. The van der Waals surface area contributed by atoms with Gasteiger partial charge in [-0.1, -0.05) is 18.2 Å². The van der Waals surface area contributed by atoms with Crippen LogP contribution in [0.4, 0.5) is 0 Å². The number of ether oxygens (including phenoxy) is 1. The quantitative estimate of drug-likeness (QED) is 0.800. The largest absolute Gasteiger partial charge is 0.496 e. The Morgan fingerprint density at radius 2 is 1.89 bits per heavy atom. The lowest BCUT2D eigenvalue weighted by Crippen LogP contribution is -2.39. The highest BCUT2D eigenvalue weighted by Crippen LogP contribution is 2.52. The lowest BCUT2D eigenvalue weighted by molar-refractivity contribution is -0.133. The van der Waals surface area contributed by atoms with Crippen LogP contribution in [0, 0.1) is 0 Å². The second-order valence-electron chi connectivity index (χ2n) is 4.76. The zero-order valence-corrected chi connectivity index (χ0v) is 11.4. The van der Waals surface area contributed by atoms with Gasteiger partial charge >= 0.3 is 0 Å². The van der Waals surface area contributed by atoms with Gasteiger partial charge in [-0.25, -0.2) is 0 Å². The first-order chi connectivity index (χ1) is 8.69. The van der Waals surface area contributed by atoms with Crippen LogP contribution >= 0.6 is 0 Å². The van der Waals surface area contributed by atoms with Crippen LogP contribution in [-0.4, -0.2) is 31.0 Å². The van der Waals surface area contributed by atoms with E-state index in [1.807, 2.05) is 43.0 Å². The molecule has 0 spiro atoms. The van der Waals surface area contributed by atoms with Crippen LogP contribution in [0.1, 0.15) is 32.3 Å². The van der Waals surface area contributed by atoms with Gasteiger partial charge in [0.2, 0.25) is 5.91 Å². The summed E-state index contributed by atoms with van der Waals surface area (Å²) in [5.74, 6) is 1.08. The number of likely N-dealkylation sites (N-methyl/N-ethyl adjacent to an activating group) is 1. The third kappa shape index (κ3) is 1.98. The Hall–Kier alpha value is -1.51. The van der Waals surface area contributed by atoms with Gasteiger partial charge in [-0.05, 0) is 32.8 Å². The fourth-order valence-corrected chi connectivity index (χ4v) is 2.58. The van der Waals surface area contributed by atoms with Crippen molar-refractivity contribution in [2.45, 2.75) is 32.1 Å². The molecule has 0 radical (unpaired) electrons. The summed E-state index contributed by atoms with van der Waals surface area (Å²) in [6.45, 7) is 5.60. The molecule has 1 aromatic rings. The zero-order valence-electron chi connectivity index (χ0n) is 11.4. The van der Waals surface area contributed by atoms with Crippen LogP contribution in [0.3, 0.4) is 0 Å². The molecule has 0 N–H and O–H groups in total. The van der Waals surface area contributed by atoms with E-state index in [9.17, 15) is 4.79 Å². The fourth-order valence-electron chi connectivity index (χ4n) is 2.58. The number of benzene rings is 1. The standard InChI is InChI=1S/C15H21NO2/c1-4-16(5-2)14(17)15(10-11-15)12-8-6-7-9-13(12)18-3/h6-9H,4-5,10-11H2,1-3H3. The minimum atomic E-state index is -0.321. The van der Waals surface area contributed by atoms with Crippen molar-refractivity contribution in [3.8, 4) is 5.75 Å². The van der Waals surface area contributed by atoms with Crippen molar-refractivity contribution in [1.29, 1.82) is 0 Å². The highest BCUT2D eigenvalue weighted by Gasteiger charge is 2.54. The normalized spacial score (nSPS) is 16.2. The Bertz CT molecular complexity index is 434. The maximum atomic E-state index is 12.6. The maximum Gasteiger partial charge on any atom is 0.233 e. The van der Waals surface area contributed by atoms with E-state index in [4.69, 9.17) is 4.74 Å². The first-order valence-electron chi connectivity index (χ1n) is 6.62. The summed E-state index contributed by atoms with van der Waals surface area (Å²) < 4.78 is 5.40. The average molecular weight is 247 g/mol. The molecule has 0 bridgehead atoms. The highest BCUT2D eigenvalue weighted by molar-refractivity contribution is 5.92. The molecule has 18 heavy (non-hydrogen) atoms. The minimum Gasteiger partial charge on any atom is -0.496 e. The third-order valence-corrected chi connectivity index (χ3v) is 3.83. The van der Waals surface area contributed by atoms with E-state index in [2.05, 4.69) is 0 Å². The molecule has 3 nitrogen and oxygen atoms in total. The van der Waals surface area contributed by atoms with Crippen LogP contribution in [0.15, 0.2) is 24.3 Å². The van der Waals surface area contributed by atoms with Crippen molar-refractivity contribution in [2.75, 3.05) is 20.2 Å². The van der Waals surface area contributed by atoms with E-state index >= 15 is 0 Å². The van der Waals surface area contributed by atoms with Crippen molar-refractivity contribution in [1.82, 2.24) is 4.90 Å². The molecule has 0 aliphatic heterocycles. The number of hydrogen-bond acceptors (Lipinski definition) is 2. The number of rotatable bonds is 5. The maximum absolute atomic E-state index is 12.6. The Morgan fingerprint density at radius 3 is 2.39 bits per heavy atom. The number of carbonyl (C=O) groups excluding carboxylic acids is 1. The van der Waals surface area contributed by atoms with Crippen molar-refractivity contribution in [3.05, 3.63) is 29.8 Å². The summed E-state index contributed by atoms with van der Waals surface area (Å²) in [7, 11) is 1.66. The summed E-state index contributed by atoms with van der Waals surface area (Å²) in [5.41, 5.74) is 0.725. The predicted octanol–water partition coefficient (Wildman–Crippen LogP) is 2.60. The first-order valence-corrected chi connectivity index (χ1v) is 6.62. The highest BCUT2D eigenvalue weighted by atomic mass is 16.5. The van der Waals surface area contributed by atoms with Crippen LogP contribution < -0.4 is 4.74 Å². The number of nitrogens with zero attached hydrogens (tertiary/aromatic N) is 1. The summed E-state index contributed by atoms with van der Waals surface area (Å²) >= 11 is 0. The van der Waals surface area contributed by atoms with Gasteiger partial charge in [0.1, 0.15) is 5.75 Å². The van der Waals surface area contributed by atoms with E-state index in [1.165, 1.54) is 0 Å². The Balaban J connectivity index is 2.34. The molecule has 1 aromatic carbocycles. The molecule has 0 atom stereocenters. The summed E-state index contributed by atoms with van der Waals surface area (Å²) in [6, 6.07) is 7.88. The number of amides is 1. The second kappa shape index (κ2) is 5.01. The van der Waals surface area contributed by atoms with E-state index in [1.54, 1.807) is 7.11 Å². The van der Waals surface area contributed by atoms with Gasteiger partial charge in [0.15, 0.2) is 0 Å². The van der Waals surface area contributed by atoms with E-state index < -0.39 is 0 Å². The van der Waals surface area contributed by atoms with Gasteiger partial charge in [0, 0.05) is 18.7 Å². The molecular weight excluding hydrogens is 226 g/mol. The third-order valence-electron chi connectivity index (χ3n) is 3.83. The lowest BCUT2D eigenvalue weighted by atomic mass is 9.93. The molecule has 2 rings (SSSR count). The number of hydrogen-bond donors (Lipinski definition) is 0. The van der Waals surface area contributed by atoms with E-state index in [-0.39, 0.29) is 11.3 Å². The van der Waals surface area contributed by atoms with E-state index in [0.717, 1.165) is 37.2 Å². The second-order valence-corrected chi connectivity index (χ2v) is 4.76. The molecular formula is C15H21NO2. The summed E-state index contributed by atoms with van der Waals surface area (Å²) in [5, 5.41) is 0. The molecule has 0 saturated heterocycles. The fraction of sp³-hybridized carbons (Fsp3) is 0.533.